The summed E-state index contributed by atoms with van der Waals surface area (Å²) in [5.74, 6) is -1.46. The van der Waals surface area contributed by atoms with E-state index in [0.29, 0.717) is 12.8 Å². The fourth-order valence-electron chi connectivity index (χ4n) is 2.13. The molecule has 0 bridgehead atoms. The van der Waals surface area contributed by atoms with Gasteiger partial charge in [0, 0.05) is 0 Å². The van der Waals surface area contributed by atoms with Crippen LogP contribution in [0.1, 0.15) is 53.4 Å². The lowest BCUT2D eigenvalue weighted by atomic mass is 9.96. The Morgan fingerprint density at radius 2 is 0.864 bits per heavy atom. The smallest absolute Gasteiger partial charge is 0.140 e. The maximum Gasteiger partial charge on any atom is 0.140 e. The highest BCUT2D eigenvalue weighted by Gasteiger charge is 2.17. The number of carbonyl (C=O) groups excluding carboxylic acids is 4. The van der Waals surface area contributed by atoms with Gasteiger partial charge in [-0.1, -0.05) is 24.3 Å². The first-order valence-corrected chi connectivity index (χ1v) is 7.59. The van der Waals surface area contributed by atoms with Crippen LogP contribution in [0.2, 0.25) is 0 Å². The molecule has 0 rings (SSSR count). The average molecular weight is 306 g/mol. The molecule has 0 fully saturated rings. The molecule has 0 spiro atoms. The van der Waals surface area contributed by atoms with Gasteiger partial charge in [-0.3, -0.25) is 19.2 Å². The molecule has 0 aromatic heterocycles. The highest BCUT2D eigenvalue weighted by atomic mass is 16.2. The van der Waals surface area contributed by atoms with Crippen molar-refractivity contribution in [1.82, 2.24) is 0 Å². The molecule has 0 N–H and O–H groups in total. The maximum atomic E-state index is 11.2. The lowest BCUT2D eigenvalue weighted by molar-refractivity contribution is -0.131. The molecule has 0 aromatic rings. The van der Waals surface area contributed by atoms with E-state index in [1.807, 2.05) is 24.3 Å². The standard InChI is InChI=1S/C18H26O4/c1-13(19)17(14(2)20)11-9-7-5-6-8-10-12-18(15(3)21)16(4)22/h7-10,17-18H,5-6,11-12H2,1-4H3/b9-7+,10-8+. The van der Waals surface area contributed by atoms with Gasteiger partial charge >= 0.3 is 0 Å². The van der Waals surface area contributed by atoms with Crippen molar-refractivity contribution in [2.24, 2.45) is 11.8 Å². The highest BCUT2D eigenvalue weighted by molar-refractivity contribution is 6.00. The van der Waals surface area contributed by atoms with Gasteiger partial charge < -0.3 is 0 Å². The summed E-state index contributed by atoms with van der Waals surface area (Å²) in [4.78, 5) is 45.0. The van der Waals surface area contributed by atoms with Gasteiger partial charge in [0.15, 0.2) is 0 Å². The van der Waals surface area contributed by atoms with Crippen LogP contribution < -0.4 is 0 Å². The quantitative estimate of drug-likeness (QED) is 0.334. The van der Waals surface area contributed by atoms with E-state index in [2.05, 4.69) is 0 Å². The SMILES string of the molecule is CC(=O)C(C/C=C/CC/C=C/CC(C(C)=O)C(C)=O)C(C)=O. The monoisotopic (exact) mass is 306 g/mol. The van der Waals surface area contributed by atoms with Crippen LogP contribution in [0.4, 0.5) is 0 Å². The van der Waals surface area contributed by atoms with E-state index in [9.17, 15) is 19.2 Å². The number of ketones is 4. The number of rotatable bonds is 11. The van der Waals surface area contributed by atoms with E-state index in [4.69, 9.17) is 0 Å². The van der Waals surface area contributed by atoms with Gasteiger partial charge in [-0.15, -0.1) is 0 Å². The van der Waals surface area contributed by atoms with Gasteiger partial charge in [-0.2, -0.15) is 0 Å². The fourth-order valence-corrected chi connectivity index (χ4v) is 2.13. The maximum absolute atomic E-state index is 11.2. The van der Waals surface area contributed by atoms with E-state index in [1.165, 1.54) is 27.7 Å². The summed E-state index contributed by atoms with van der Waals surface area (Å²) in [5.41, 5.74) is 0. The molecule has 0 aliphatic rings. The molecule has 0 amide bonds. The number of carbonyl (C=O) groups is 4. The van der Waals surface area contributed by atoms with Crippen LogP contribution >= 0.6 is 0 Å². The Labute approximate surface area is 132 Å². The highest BCUT2D eigenvalue weighted by Crippen LogP contribution is 2.09. The first-order valence-electron chi connectivity index (χ1n) is 7.59. The van der Waals surface area contributed by atoms with Gasteiger partial charge in [0.2, 0.25) is 0 Å². The summed E-state index contributed by atoms with van der Waals surface area (Å²) in [6, 6.07) is 0. The van der Waals surface area contributed by atoms with Crippen LogP contribution in [0.3, 0.4) is 0 Å². The zero-order valence-electron chi connectivity index (χ0n) is 13.9. The van der Waals surface area contributed by atoms with Gasteiger partial charge in [0.05, 0.1) is 11.8 Å². The summed E-state index contributed by atoms with van der Waals surface area (Å²) in [5, 5.41) is 0. The minimum absolute atomic E-state index is 0.100. The summed E-state index contributed by atoms with van der Waals surface area (Å²) in [6.07, 6.45) is 10.1. The Kier molecular flexibility index (Phi) is 9.92. The number of hydrogen-bond donors (Lipinski definition) is 0. The molecule has 0 aliphatic carbocycles. The Balaban J connectivity index is 4.07. The van der Waals surface area contributed by atoms with Crippen molar-refractivity contribution < 1.29 is 19.2 Å². The van der Waals surface area contributed by atoms with Crippen LogP contribution in [-0.2, 0) is 19.2 Å². The number of unbranched alkanes of at least 4 members (excludes halogenated alkanes) is 1. The Bertz CT molecular complexity index is 399. The normalized spacial score (nSPS) is 11.7. The Morgan fingerprint density at radius 1 is 0.591 bits per heavy atom. The van der Waals surface area contributed by atoms with E-state index in [0.717, 1.165) is 12.8 Å². The molecular formula is C18H26O4. The predicted molar refractivity (Wildman–Crippen MR) is 86.5 cm³/mol. The van der Waals surface area contributed by atoms with Gasteiger partial charge in [0.25, 0.3) is 0 Å². The molecule has 4 nitrogen and oxygen atoms in total. The molecule has 0 atom stereocenters. The first kappa shape index (κ1) is 20.2. The molecular weight excluding hydrogens is 280 g/mol. The van der Waals surface area contributed by atoms with E-state index >= 15 is 0 Å². The minimum Gasteiger partial charge on any atom is -0.299 e. The van der Waals surface area contributed by atoms with Gasteiger partial charge in [-0.05, 0) is 53.4 Å². The Morgan fingerprint density at radius 3 is 1.09 bits per heavy atom. The van der Waals surface area contributed by atoms with Crippen molar-refractivity contribution in [3.8, 4) is 0 Å². The molecule has 0 saturated carbocycles. The number of Topliss-reactive ketones (excluding diaryl/α,β-unsaturated/α-hetero) is 4. The van der Waals surface area contributed by atoms with Crippen LogP contribution in [0.25, 0.3) is 0 Å². The minimum atomic E-state index is -0.529. The van der Waals surface area contributed by atoms with Crippen LogP contribution in [0.5, 0.6) is 0 Å². The van der Waals surface area contributed by atoms with Crippen LogP contribution in [0.15, 0.2) is 24.3 Å². The molecule has 122 valence electrons. The molecule has 0 heterocycles. The van der Waals surface area contributed by atoms with Gasteiger partial charge in [-0.25, -0.2) is 0 Å². The second kappa shape index (κ2) is 10.8. The molecule has 22 heavy (non-hydrogen) atoms. The Hall–Kier alpha value is -1.84. The third kappa shape index (κ3) is 8.45. The van der Waals surface area contributed by atoms with Crippen molar-refractivity contribution in [2.75, 3.05) is 0 Å². The molecule has 0 saturated heterocycles. The molecule has 0 aromatic carbocycles. The van der Waals surface area contributed by atoms with E-state index in [1.54, 1.807) is 0 Å². The predicted octanol–water partition coefficient (Wildman–Crippen LogP) is 3.25. The zero-order chi connectivity index (χ0) is 17.1. The molecule has 0 radical (unpaired) electrons. The third-order valence-corrected chi connectivity index (χ3v) is 3.54. The largest absolute Gasteiger partial charge is 0.299 e. The average Bonchev–Trinajstić information content (AvgIpc) is 2.38. The summed E-state index contributed by atoms with van der Waals surface area (Å²) in [6.45, 7) is 5.73. The molecule has 4 heteroatoms. The first-order chi connectivity index (χ1) is 10.3. The number of hydrogen-bond acceptors (Lipinski definition) is 4. The van der Waals surface area contributed by atoms with Gasteiger partial charge in [0.1, 0.15) is 23.1 Å². The van der Waals surface area contributed by atoms with Crippen molar-refractivity contribution in [2.45, 2.75) is 53.4 Å². The molecule has 0 unspecified atom stereocenters. The zero-order valence-corrected chi connectivity index (χ0v) is 13.9. The van der Waals surface area contributed by atoms with E-state index in [-0.39, 0.29) is 23.1 Å². The summed E-state index contributed by atoms with van der Waals surface area (Å²) >= 11 is 0. The summed E-state index contributed by atoms with van der Waals surface area (Å²) in [7, 11) is 0. The molecule has 0 aliphatic heterocycles. The second-order valence-corrected chi connectivity index (χ2v) is 5.54. The van der Waals surface area contributed by atoms with Crippen molar-refractivity contribution in [1.29, 1.82) is 0 Å². The fraction of sp³-hybridized carbons (Fsp3) is 0.556. The van der Waals surface area contributed by atoms with Crippen LogP contribution in [0, 0.1) is 11.8 Å². The van der Waals surface area contributed by atoms with Crippen molar-refractivity contribution in [3.05, 3.63) is 24.3 Å². The lowest BCUT2D eigenvalue weighted by Gasteiger charge is -2.06. The van der Waals surface area contributed by atoms with Crippen LogP contribution in [-0.4, -0.2) is 23.1 Å². The van der Waals surface area contributed by atoms with E-state index < -0.39 is 11.8 Å². The lowest BCUT2D eigenvalue weighted by Crippen LogP contribution is -2.18. The topological polar surface area (TPSA) is 68.3 Å². The summed E-state index contributed by atoms with van der Waals surface area (Å²) < 4.78 is 0. The van der Waals surface area contributed by atoms with Crippen molar-refractivity contribution in [3.63, 3.8) is 0 Å². The second-order valence-electron chi connectivity index (χ2n) is 5.54. The third-order valence-electron chi connectivity index (χ3n) is 3.54. The number of allylic oxidation sites excluding steroid dienone is 4. The van der Waals surface area contributed by atoms with Crippen molar-refractivity contribution >= 4 is 23.1 Å².